The van der Waals surface area contributed by atoms with Gasteiger partial charge in [0.15, 0.2) is 5.82 Å². The van der Waals surface area contributed by atoms with Gasteiger partial charge in [-0.3, -0.25) is 9.58 Å². The lowest BCUT2D eigenvalue weighted by molar-refractivity contribution is 0.0517. The van der Waals surface area contributed by atoms with Gasteiger partial charge in [-0.1, -0.05) is 6.92 Å². The molecule has 0 saturated carbocycles. The molecular formula is C29H36N8O4. The summed E-state index contributed by atoms with van der Waals surface area (Å²) in [4.78, 5) is 36.3. The number of anilines is 3. The normalized spacial score (nSPS) is 16.5. The first-order chi connectivity index (χ1) is 19.1. The Balaban J connectivity index is 1.75. The topological polar surface area (TPSA) is 147 Å². The molecular weight excluding hydrogens is 524 g/mol. The number of hydrogen-bond donors (Lipinski definition) is 2. The van der Waals surface area contributed by atoms with E-state index in [1.807, 2.05) is 20.0 Å². The van der Waals surface area contributed by atoms with Gasteiger partial charge in [-0.2, -0.15) is 10.4 Å². The molecule has 1 aliphatic rings. The Kier molecular flexibility index (Phi) is 7.67. The summed E-state index contributed by atoms with van der Waals surface area (Å²) in [5.74, 6) is 0.926. The Bertz CT molecular complexity index is 1510. The van der Waals surface area contributed by atoms with Crippen molar-refractivity contribution >= 4 is 29.6 Å². The van der Waals surface area contributed by atoms with E-state index in [-0.39, 0.29) is 18.7 Å². The van der Waals surface area contributed by atoms with Crippen LogP contribution in [-0.2, 0) is 21.9 Å². The smallest absolute Gasteiger partial charge is 0.414 e. The average Bonchev–Trinajstić information content (AvgIpc) is 3.41. The number of benzene rings is 1. The monoisotopic (exact) mass is 560 g/mol. The molecule has 0 spiro atoms. The van der Waals surface area contributed by atoms with Gasteiger partial charge >= 0.3 is 12.2 Å². The number of alkyl carbamates (subject to hydrolysis) is 1. The van der Waals surface area contributed by atoms with Crippen molar-refractivity contribution in [2.24, 2.45) is 7.05 Å². The van der Waals surface area contributed by atoms with Crippen molar-refractivity contribution in [1.82, 2.24) is 25.1 Å². The van der Waals surface area contributed by atoms with Crippen LogP contribution in [0, 0.1) is 11.3 Å². The molecule has 0 bridgehead atoms. The molecule has 0 saturated heterocycles. The molecule has 0 aliphatic carbocycles. The highest BCUT2D eigenvalue weighted by molar-refractivity contribution is 5.95. The van der Waals surface area contributed by atoms with Gasteiger partial charge < -0.3 is 20.1 Å². The summed E-state index contributed by atoms with van der Waals surface area (Å²) in [7, 11) is 1.81. The Hall–Kier alpha value is -4.66. The molecule has 12 nitrogen and oxygen atoms in total. The van der Waals surface area contributed by atoms with Gasteiger partial charge in [0, 0.05) is 49.6 Å². The molecule has 0 unspecified atom stereocenters. The lowest BCUT2D eigenvalue weighted by atomic mass is 9.82. The number of carbonyl (C=O) groups excluding carboxylic acids is 2. The van der Waals surface area contributed by atoms with Crippen LogP contribution in [0.5, 0.6) is 0 Å². The molecule has 0 fully saturated rings. The number of hydrogen-bond acceptors (Lipinski definition) is 9. The number of nitriles is 1. The van der Waals surface area contributed by atoms with Crippen molar-refractivity contribution in [2.75, 3.05) is 23.3 Å². The molecule has 2 N–H and O–H groups in total. The maximum absolute atomic E-state index is 13.3. The van der Waals surface area contributed by atoms with Crippen molar-refractivity contribution in [3.63, 3.8) is 0 Å². The minimum Gasteiger partial charge on any atom is -0.444 e. The Morgan fingerprint density at radius 2 is 1.83 bits per heavy atom. The first kappa shape index (κ1) is 29.3. The van der Waals surface area contributed by atoms with Crippen LogP contribution in [0.3, 0.4) is 0 Å². The average molecular weight is 561 g/mol. The summed E-state index contributed by atoms with van der Waals surface area (Å²) in [6.45, 7) is 13.0. The molecule has 4 rings (SSSR count). The molecule has 3 aromatic rings. The highest BCUT2D eigenvalue weighted by Crippen LogP contribution is 2.45. The van der Waals surface area contributed by atoms with Gasteiger partial charge in [0.25, 0.3) is 0 Å². The quantitative estimate of drug-likeness (QED) is 0.438. The SMILES string of the molecule is Cn1ccc(Nc2nccc(-c3cc(C#N)c4c(c3)[C@](C)(CNC(=O)OC(C)(C)C)CN4C(=O)OC(C)(C)C)n2)n1. The van der Waals surface area contributed by atoms with Crippen molar-refractivity contribution in [2.45, 2.75) is 65.1 Å². The molecule has 1 aliphatic heterocycles. The zero-order valence-corrected chi connectivity index (χ0v) is 24.7. The van der Waals surface area contributed by atoms with Gasteiger partial charge in [0.05, 0.1) is 16.9 Å². The fraction of sp³-hybridized carbons (Fsp3) is 0.448. The Labute approximate surface area is 239 Å². The minimum absolute atomic E-state index is 0.152. The van der Waals surface area contributed by atoms with Crippen LogP contribution in [0.1, 0.15) is 59.6 Å². The van der Waals surface area contributed by atoms with E-state index in [0.29, 0.717) is 34.3 Å². The van der Waals surface area contributed by atoms with Gasteiger partial charge in [-0.25, -0.2) is 19.6 Å². The van der Waals surface area contributed by atoms with Gasteiger partial charge in [-0.15, -0.1) is 0 Å². The van der Waals surface area contributed by atoms with E-state index in [0.717, 1.165) is 0 Å². The zero-order chi connectivity index (χ0) is 30.2. The number of nitrogens with zero attached hydrogens (tertiary/aromatic N) is 6. The highest BCUT2D eigenvalue weighted by atomic mass is 16.6. The van der Waals surface area contributed by atoms with Crippen molar-refractivity contribution < 1.29 is 19.1 Å². The second kappa shape index (κ2) is 10.7. The number of rotatable bonds is 5. The maximum atomic E-state index is 13.3. The van der Waals surface area contributed by atoms with Gasteiger partial charge in [-0.05, 0) is 65.3 Å². The third-order valence-electron chi connectivity index (χ3n) is 6.20. The number of fused-ring (bicyclic) bond motifs is 1. The van der Waals surface area contributed by atoms with E-state index in [4.69, 9.17) is 9.47 Å². The fourth-order valence-corrected chi connectivity index (χ4v) is 4.51. The minimum atomic E-state index is -0.771. The summed E-state index contributed by atoms with van der Waals surface area (Å²) in [6, 6.07) is 9.37. The molecule has 1 aromatic carbocycles. The second-order valence-electron chi connectivity index (χ2n) is 12.3. The predicted octanol–water partition coefficient (Wildman–Crippen LogP) is 5.03. The number of amides is 2. The van der Waals surface area contributed by atoms with Gasteiger partial charge in [0.2, 0.25) is 5.95 Å². The van der Waals surface area contributed by atoms with Crippen LogP contribution >= 0.6 is 0 Å². The predicted molar refractivity (Wildman–Crippen MR) is 154 cm³/mol. The lowest BCUT2D eigenvalue weighted by Gasteiger charge is -2.28. The Morgan fingerprint density at radius 1 is 1.12 bits per heavy atom. The summed E-state index contributed by atoms with van der Waals surface area (Å²) in [6.07, 6.45) is 2.26. The maximum Gasteiger partial charge on any atom is 0.414 e. The van der Waals surface area contributed by atoms with E-state index >= 15 is 0 Å². The van der Waals surface area contributed by atoms with Crippen LogP contribution in [0.15, 0.2) is 36.7 Å². The van der Waals surface area contributed by atoms with Crippen LogP contribution in [0.2, 0.25) is 0 Å². The van der Waals surface area contributed by atoms with Crippen LogP contribution in [0.4, 0.5) is 27.0 Å². The van der Waals surface area contributed by atoms with E-state index < -0.39 is 28.8 Å². The first-order valence-corrected chi connectivity index (χ1v) is 13.2. The molecule has 0 radical (unpaired) electrons. The van der Waals surface area contributed by atoms with Crippen LogP contribution in [0.25, 0.3) is 11.3 Å². The van der Waals surface area contributed by atoms with Gasteiger partial charge in [0.1, 0.15) is 17.3 Å². The van der Waals surface area contributed by atoms with E-state index in [1.54, 1.807) is 76.8 Å². The third kappa shape index (κ3) is 6.92. The second-order valence-corrected chi connectivity index (χ2v) is 12.3. The van der Waals surface area contributed by atoms with Crippen molar-refractivity contribution in [1.29, 1.82) is 5.26 Å². The number of aryl methyl sites for hydroxylation is 1. The van der Waals surface area contributed by atoms with Crippen LogP contribution in [-0.4, -0.2) is 56.2 Å². The fourth-order valence-electron chi connectivity index (χ4n) is 4.51. The summed E-state index contributed by atoms with van der Waals surface area (Å²) >= 11 is 0. The molecule has 3 heterocycles. The largest absolute Gasteiger partial charge is 0.444 e. The number of nitrogens with one attached hydrogen (secondary N) is 2. The van der Waals surface area contributed by atoms with Crippen molar-refractivity contribution in [3.05, 3.63) is 47.8 Å². The molecule has 2 aromatic heterocycles. The highest BCUT2D eigenvalue weighted by Gasteiger charge is 2.45. The standard InChI is InChI=1S/C29H36N8O4/c1-27(2,3)40-25(38)32-16-29(7)17-37(26(39)41-28(4,5)6)23-19(15-30)13-18(14-20(23)29)21-9-11-31-24(33-21)34-22-10-12-36(8)35-22/h9-14H,16-17H2,1-8H3,(H,32,38)(H,31,33,34,35)/t29-/m1/s1. The number of ether oxygens (including phenoxy) is 2. The summed E-state index contributed by atoms with van der Waals surface area (Å²) in [5, 5.41) is 20.4. The number of aromatic nitrogens is 4. The third-order valence-corrected chi connectivity index (χ3v) is 6.20. The zero-order valence-electron chi connectivity index (χ0n) is 24.7. The van der Waals surface area contributed by atoms with E-state index in [9.17, 15) is 14.9 Å². The summed E-state index contributed by atoms with van der Waals surface area (Å²) in [5.41, 5.74) is 0.462. The molecule has 12 heteroatoms. The molecule has 216 valence electrons. The van der Waals surface area contributed by atoms with E-state index in [2.05, 4.69) is 31.8 Å². The Morgan fingerprint density at radius 3 is 2.44 bits per heavy atom. The lowest BCUT2D eigenvalue weighted by Crippen LogP contribution is -2.45. The molecule has 41 heavy (non-hydrogen) atoms. The van der Waals surface area contributed by atoms with Crippen molar-refractivity contribution in [3.8, 4) is 17.3 Å². The summed E-state index contributed by atoms with van der Waals surface area (Å²) < 4.78 is 12.8. The molecule has 2 amide bonds. The molecule has 1 atom stereocenters. The van der Waals surface area contributed by atoms with Crippen LogP contribution < -0.4 is 15.5 Å². The number of carbonyl (C=O) groups is 2. The van der Waals surface area contributed by atoms with E-state index in [1.165, 1.54) is 4.90 Å². The first-order valence-electron chi connectivity index (χ1n) is 13.2.